The Morgan fingerprint density at radius 1 is 1.64 bits per heavy atom. The molecule has 11 heavy (non-hydrogen) atoms. The molecule has 1 atom stereocenters. The lowest BCUT2D eigenvalue weighted by Gasteiger charge is -2.02. The maximum Gasteiger partial charge on any atom is 0.0419 e. The molecule has 0 saturated carbocycles. The third-order valence-corrected chi connectivity index (χ3v) is 1.79. The van der Waals surface area contributed by atoms with Crippen LogP contribution in [0.15, 0.2) is 22.8 Å². The van der Waals surface area contributed by atoms with Gasteiger partial charge in [-0.15, -0.1) is 0 Å². The molecule has 1 heterocycles. The summed E-state index contributed by atoms with van der Waals surface area (Å²) in [6, 6.07) is 4.14. The van der Waals surface area contributed by atoms with E-state index in [1.165, 1.54) is 0 Å². The van der Waals surface area contributed by atoms with Gasteiger partial charge in [0.15, 0.2) is 0 Å². The van der Waals surface area contributed by atoms with Crippen molar-refractivity contribution in [2.24, 2.45) is 5.73 Å². The van der Waals surface area contributed by atoms with Crippen LogP contribution in [0.3, 0.4) is 0 Å². The van der Waals surface area contributed by atoms with Gasteiger partial charge in [0.05, 0.1) is 0 Å². The van der Waals surface area contributed by atoms with Crippen molar-refractivity contribution in [3.63, 3.8) is 0 Å². The Bertz CT molecular complexity index is 218. The number of aromatic nitrogens is 1. The molecule has 0 aliphatic rings. The molecular formula is C8H11BrN2. The first kappa shape index (κ1) is 8.68. The quantitative estimate of drug-likeness (QED) is 0.815. The fourth-order valence-electron chi connectivity index (χ4n) is 0.857. The number of nitrogens with two attached hydrogens (primary N) is 1. The lowest BCUT2D eigenvalue weighted by atomic mass is 10.2. The van der Waals surface area contributed by atoms with E-state index in [0.717, 1.165) is 16.6 Å². The first-order chi connectivity index (χ1) is 5.18. The SMILES string of the molecule is CC(N)Cc1ccc(Br)cn1. The number of pyridine rings is 1. The van der Waals surface area contributed by atoms with Crippen molar-refractivity contribution >= 4 is 15.9 Å². The average molecular weight is 215 g/mol. The van der Waals surface area contributed by atoms with Crippen LogP contribution in [0.4, 0.5) is 0 Å². The van der Waals surface area contributed by atoms with Crippen LogP contribution in [0, 0.1) is 0 Å². The highest BCUT2D eigenvalue weighted by Crippen LogP contribution is 2.07. The zero-order valence-electron chi connectivity index (χ0n) is 6.42. The van der Waals surface area contributed by atoms with E-state index in [2.05, 4.69) is 20.9 Å². The first-order valence-corrected chi connectivity index (χ1v) is 4.34. The maximum absolute atomic E-state index is 5.61. The van der Waals surface area contributed by atoms with E-state index in [1.807, 2.05) is 19.1 Å². The van der Waals surface area contributed by atoms with Gasteiger partial charge >= 0.3 is 0 Å². The second-order valence-corrected chi connectivity index (χ2v) is 3.56. The standard InChI is InChI=1S/C8H11BrN2/c1-6(10)4-8-3-2-7(9)5-11-8/h2-3,5-6H,4,10H2,1H3. The van der Waals surface area contributed by atoms with Crippen LogP contribution in [0.25, 0.3) is 0 Å². The van der Waals surface area contributed by atoms with Crippen molar-refractivity contribution in [1.82, 2.24) is 4.98 Å². The Morgan fingerprint density at radius 3 is 2.82 bits per heavy atom. The molecule has 2 nitrogen and oxygen atoms in total. The van der Waals surface area contributed by atoms with Crippen LogP contribution in [0.5, 0.6) is 0 Å². The van der Waals surface area contributed by atoms with Crippen molar-refractivity contribution < 1.29 is 0 Å². The topological polar surface area (TPSA) is 38.9 Å². The number of rotatable bonds is 2. The third-order valence-electron chi connectivity index (χ3n) is 1.32. The summed E-state index contributed by atoms with van der Waals surface area (Å²) in [5, 5.41) is 0. The molecule has 3 heteroatoms. The highest BCUT2D eigenvalue weighted by atomic mass is 79.9. The summed E-state index contributed by atoms with van der Waals surface area (Å²) in [5.74, 6) is 0. The summed E-state index contributed by atoms with van der Waals surface area (Å²) >= 11 is 3.32. The summed E-state index contributed by atoms with van der Waals surface area (Å²) in [5.41, 5.74) is 6.66. The molecule has 0 fully saturated rings. The van der Waals surface area contributed by atoms with Gasteiger partial charge in [-0.05, 0) is 35.0 Å². The summed E-state index contributed by atoms with van der Waals surface area (Å²) in [6.45, 7) is 1.98. The van der Waals surface area contributed by atoms with E-state index < -0.39 is 0 Å². The lowest BCUT2D eigenvalue weighted by Crippen LogP contribution is -2.18. The van der Waals surface area contributed by atoms with Gasteiger partial charge in [0, 0.05) is 28.8 Å². The maximum atomic E-state index is 5.61. The van der Waals surface area contributed by atoms with Gasteiger partial charge in [-0.3, -0.25) is 4.98 Å². The van der Waals surface area contributed by atoms with E-state index in [1.54, 1.807) is 6.20 Å². The van der Waals surface area contributed by atoms with Crippen LogP contribution in [0.1, 0.15) is 12.6 Å². The molecule has 0 aliphatic heterocycles. The Balaban J connectivity index is 2.66. The Kier molecular flexibility index (Phi) is 3.02. The molecular weight excluding hydrogens is 204 g/mol. The summed E-state index contributed by atoms with van der Waals surface area (Å²) in [7, 11) is 0. The molecule has 0 saturated heterocycles. The highest BCUT2D eigenvalue weighted by Gasteiger charge is 1.97. The minimum atomic E-state index is 0.184. The van der Waals surface area contributed by atoms with Gasteiger partial charge in [-0.25, -0.2) is 0 Å². The minimum absolute atomic E-state index is 0.184. The van der Waals surface area contributed by atoms with Crippen LogP contribution < -0.4 is 5.73 Å². The second-order valence-electron chi connectivity index (χ2n) is 2.65. The number of halogens is 1. The third kappa shape index (κ3) is 2.99. The molecule has 1 aromatic heterocycles. The molecule has 1 aromatic rings. The van der Waals surface area contributed by atoms with E-state index in [4.69, 9.17) is 5.73 Å². The van der Waals surface area contributed by atoms with E-state index in [0.29, 0.717) is 0 Å². The van der Waals surface area contributed by atoms with E-state index in [-0.39, 0.29) is 6.04 Å². The Morgan fingerprint density at radius 2 is 2.36 bits per heavy atom. The molecule has 0 aromatic carbocycles. The summed E-state index contributed by atoms with van der Waals surface area (Å²) in [6.07, 6.45) is 2.63. The molecule has 0 radical (unpaired) electrons. The van der Waals surface area contributed by atoms with Crippen molar-refractivity contribution in [1.29, 1.82) is 0 Å². The van der Waals surface area contributed by atoms with Crippen LogP contribution in [0.2, 0.25) is 0 Å². The Hall–Kier alpha value is -0.410. The van der Waals surface area contributed by atoms with Crippen molar-refractivity contribution in [2.75, 3.05) is 0 Å². The molecule has 0 bridgehead atoms. The normalized spacial score (nSPS) is 13.0. The van der Waals surface area contributed by atoms with Crippen LogP contribution >= 0.6 is 15.9 Å². The first-order valence-electron chi connectivity index (χ1n) is 3.54. The van der Waals surface area contributed by atoms with Gasteiger partial charge in [0.25, 0.3) is 0 Å². The van der Waals surface area contributed by atoms with Crippen LogP contribution in [-0.2, 0) is 6.42 Å². The summed E-state index contributed by atoms with van der Waals surface area (Å²) in [4.78, 5) is 4.19. The molecule has 1 unspecified atom stereocenters. The van der Waals surface area contributed by atoms with Crippen molar-refractivity contribution in [3.05, 3.63) is 28.5 Å². The van der Waals surface area contributed by atoms with Gasteiger partial charge < -0.3 is 5.73 Å². The fraction of sp³-hybridized carbons (Fsp3) is 0.375. The zero-order chi connectivity index (χ0) is 8.27. The van der Waals surface area contributed by atoms with Crippen molar-refractivity contribution in [3.8, 4) is 0 Å². The summed E-state index contributed by atoms with van der Waals surface area (Å²) < 4.78 is 1.01. The molecule has 1 rings (SSSR count). The molecule has 60 valence electrons. The molecule has 0 amide bonds. The van der Waals surface area contributed by atoms with Gasteiger partial charge in [0.1, 0.15) is 0 Å². The largest absolute Gasteiger partial charge is 0.328 e. The molecule has 0 aliphatic carbocycles. The second kappa shape index (κ2) is 3.83. The van der Waals surface area contributed by atoms with Gasteiger partial charge in [0.2, 0.25) is 0 Å². The number of hydrogen-bond donors (Lipinski definition) is 1. The average Bonchev–Trinajstić information content (AvgIpc) is 1.93. The number of nitrogens with zero attached hydrogens (tertiary/aromatic N) is 1. The molecule has 0 spiro atoms. The predicted molar refractivity (Wildman–Crippen MR) is 49.3 cm³/mol. The predicted octanol–water partition coefficient (Wildman–Crippen LogP) is 1.73. The monoisotopic (exact) mass is 214 g/mol. The highest BCUT2D eigenvalue weighted by molar-refractivity contribution is 9.10. The molecule has 2 N–H and O–H groups in total. The number of hydrogen-bond acceptors (Lipinski definition) is 2. The van der Waals surface area contributed by atoms with Crippen LogP contribution in [-0.4, -0.2) is 11.0 Å². The van der Waals surface area contributed by atoms with Gasteiger partial charge in [-0.2, -0.15) is 0 Å². The minimum Gasteiger partial charge on any atom is -0.328 e. The van der Waals surface area contributed by atoms with E-state index >= 15 is 0 Å². The fourth-order valence-corrected chi connectivity index (χ4v) is 1.09. The van der Waals surface area contributed by atoms with Crippen molar-refractivity contribution in [2.45, 2.75) is 19.4 Å². The Labute approximate surface area is 75.0 Å². The lowest BCUT2D eigenvalue weighted by molar-refractivity contribution is 0.722. The zero-order valence-corrected chi connectivity index (χ0v) is 8.01. The smallest absolute Gasteiger partial charge is 0.0419 e. The van der Waals surface area contributed by atoms with Gasteiger partial charge in [-0.1, -0.05) is 0 Å². The van der Waals surface area contributed by atoms with E-state index in [9.17, 15) is 0 Å².